The molecule has 13 heteroatoms. The Morgan fingerprint density at radius 2 is 1.64 bits per heavy atom. The zero-order valence-corrected chi connectivity index (χ0v) is 24.5. The molecule has 3 aromatic carbocycles. The third-order valence-electron chi connectivity index (χ3n) is 7.07. The van der Waals surface area contributed by atoms with Crippen LogP contribution in [-0.4, -0.2) is 27.5 Å². The summed E-state index contributed by atoms with van der Waals surface area (Å²) in [5, 5.41) is 1.96. The first-order valence-electron chi connectivity index (χ1n) is 12.6. The van der Waals surface area contributed by atoms with Gasteiger partial charge in [-0.2, -0.15) is 13.2 Å². The van der Waals surface area contributed by atoms with E-state index in [1.807, 2.05) is 30.3 Å². The van der Waals surface area contributed by atoms with E-state index >= 15 is 0 Å². The largest absolute Gasteiger partial charge is 0.416 e. The first-order valence-corrected chi connectivity index (χ1v) is 15.1. The second-order valence-corrected chi connectivity index (χ2v) is 12.7. The SMILES string of the molecule is O=C(Cn1c2c(sc1=O)C(c1ccccc1)C1C(=O)N(c3ccc(Br)cc3)C(=O)C1S2)Nc1cccc(C(F)(F)F)c1. The summed E-state index contributed by atoms with van der Waals surface area (Å²) in [6, 6.07) is 20.1. The van der Waals surface area contributed by atoms with Gasteiger partial charge in [0.2, 0.25) is 17.7 Å². The number of benzene rings is 3. The van der Waals surface area contributed by atoms with Crippen LogP contribution in [0.25, 0.3) is 0 Å². The van der Waals surface area contributed by atoms with E-state index < -0.39 is 52.1 Å². The lowest BCUT2D eigenvalue weighted by Gasteiger charge is -2.30. The van der Waals surface area contributed by atoms with E-state index in [2.05, 4.69) is 21.2 Å². The van der Waals surface area contributed by atoms with Gasteiger partial charge in [0.05, 0.1) is 22.2 Å². The predicted molar refractivity (Wildman–Crippen MR) is 157 cm³/mol. The molecule has 1 N–H and O–H groups in total. The Hall–Kier alpha value is -3.68. The van der Waals surface area contributed by atoms with Crippen LogP contribution in [0.15, 0.2) is 93.2 Å². The molecule has 0 aliphatic carbocycles. The van der Waals surface area contributed by atoms with Gasteiger partial charge in [-0.25, -0.2) is 4.90 Å². The van der Waals surface area contributed by atoms with Crippen LogP contribution in [0.2, 0.25) is 0 Å². The Kier molecular flexibility index (Phi) is 7.36. The van der Waals surface area contributed by atoms with Crippen molar-refractivity contribution >= 4 is 68.1 Å². The van der Waals surface area contributed by atoms with Crippen molar-refractivity contribution in [3.05, 3.63) is 109 Å². The highest BCUT2D eigenvalue weighted by atomic mass is 79.9. The molecule has 3 amide bonds. The number of hydrogen-bond acceptors (Lipinski definition) is 6. The van der Waals surface area contributed by atoms with E-state index in [1.165, 1.54) is 21.6 Å². The molecular weight excluding hydrogens is 655 g/mol. The van der Waals surface area contributed by atoms with Crippen LogP contribution in [0.3, 0.4) is 0 Å². The van der Waals surface area contributed by atoms with Gasteiger partial charge in [0.15, 0.2) is 0 Å². The van der Waals surface area contributed by atoms with E-state index in [4.69, 9.17) is 0 Å². The Morgan fingerprint density at radius 1 is 0.929 bits per heavy atom. The Bertz CT molecular complexity index is 1770. The van der Waals surface area contributed by atoms with Gasteiger partial charge in [-0.3, -0.25) is 23.7 Å². The standard InChI is InChI=1S/C29H19BrF3N3O4S2/c30-17-9-11-19(12-10-17)36-25(38)22-21(15-5-2-1-3-6-15)24-27(41-23(22)26(36)39)35(28(40)42-24)14-20(37)34-18-8-4-7-16(13-18)29(31,32)33/h1-13,21-23H,14H2,(H,34,37). The minimum Gasteiger partial charge on any atom is -0.325 e. The smallest absolute Gasteiger partial charge is 0.325 e. The number of thiazole rings is 1. The van der Waals surface area contributed by atoms with Crippen LogP contribution in [0.4, 0.5) is 24.5 Å². The van der Waals surface area contributed by atoms with Crippen molar-refractivity contribution < 1.29 is 27.6 Å². The summed E-state index contributed by atoms with van der Waals surface area (Å²) in [5.41, 5.74) is 0.187. The summed E-state index contributed by atoms with van der Waals surface area (Å²) in [5.74, 6) is -2.92. The van der Waals surface area contributed by atoms with Gasteiger partial charge in [-0.1, -0.05) is 75.4 Å². The zero-order chi connectivity index (χ0) is 29.8. The highest BCUT2D eigenvalue weighted by Gasteiger charge is 2.56. The van der Waals surface area contributed by atoms with Crippen molar-refractivity contribution in [2.75, 3.05) is 10.2 Å². The summed E-state index contributed by atoms with van der Waals surface area (Å²) in [7, 11) is 0. The number of rotatable bonds is 5. The molecule has 1 saturated heterocycles. The van der Waals surface area contributed by atoms with Crippen molar-refractivity contribution in [3.8, 4) is 0 Å². The quantitative estimate of drug-likeness (QED) is 0.258. The molecule has 3 atom stereocenters. The first kappa shape index (κ1) is 28.4. The van der Waals surface area contributed by atoms with Crippen molar-refractivity contribution in [2.45, 2.75) is 28.9 Å². The molecule has 214 valence electrons. The minimum absolute atomic E-state index is 0.0662. The van der Waals surface area contributed by atoms with Gasteiger partial charge in [0.1, 0.15) is 11.8 Å². The van der Waals surface area contributed by atoms with Crippen LogP contribution in [0, 0.1) is 5.92 Å². The van der Waals surface area contributed by atoms with Gasteiger partial charge in [0.25, 0.3) is 0 Å². The van der Waals surface area contributed by atoms with E-state index in [0.29, 0.717) is 15.6 Å². The molecule has 1 fully saturated rings. The summed E-state index contributed by atoms with van der Waals surface area (Å²) >= 11 is 5.32. The Balaban J connectivity index is 1.36. The zero-order valence-electron chi connectivity index (χ0n) is 21.3. The van der Waals surface area contributed by atoms with Crippen LogP contribution >= 0.6 is 39.0 Å². The topological polar surface area (TPSA) is 88.5 Å². The number of alkyl halides is 3. The fourth-order valence-corrected chi connectivity index (χ4v) is 8.27. The molecule has 3 unspecified atom stereocenters. The second-order valence-electron chi connectivity index (χ2n) is 9.69. The number of anilines is 2. The van der Waals surface area contributed by atoms with Gasteiger partial charge >= 0.3 is 11.0 Å². The molecule has 6 rings (SSSR count). The number of hydrogen-bond donors (Lipinski definition) is 1. The Morgan fingerprint density at radius 3 is 2.33 bits per heavy atom. The maximum absolute atomic E-state index is 13.9. The van der Waals surface area contributed by atoms with Crippen LogP contribution in [0.1, 0.15) is 21.9 Å². The van der Waals surface area contributed by atoms with Gasteiger partial charge in [-0.05, 0) is 48.0 Å². The molecule has 42 heavy (non-hydrogen) atoms. The number of fused-ring (bicyclic) bond motifs is 2. The minimum atomic E-state index is -4.58. The normalized spacial score (nSPS) is 19.9. The number of aromatic nitrogens is 1. The monoisotopic (exact) mass is 673 g/mol. The number of nitrogens with zero attached hydrogens (tertiary/aromatic N) is 2. The lowest BCUT2D eigenvalue weighted by Crippen LogP contribution is -2.33. The van der Waals surface area contributed by atoms with Crippen LogP contribution in [-0.2, 0) is 27.1 Å². The van der Waals surface area contributed by atoms with E-state index in [1.54, 1.807) is 24.3 Å². The second kappa shape index (κ2) is 10.9. The molecule has 0 saturated carbocycles. The molecule has 0 spiro atoms. The van der Waals surface area contributed by atoms with Crippen molar-refractivity contribution in [1.82, 2.24) is 4.57 Å². The molecular formula is C29H19BrF3N3O4S2. The van der Waals surface area contributed by atoms with E-state index in [9.17, 15) is 32.3 Å². The molecule has 0 bridgehead atoms. The molecule has 1 aromatic heterocycles. The third-order valence-corrected chi connectivity index (χ3v) is 10.2. The van der Waals surface area contributed by atoms with Gasteiger partial charge in [-0.15, -0.1) is 0 Å². The maximum Gasteiger partial charge on any atom is 0.416 e. The van der Waals surface area contributed by atoms with Gasteiger partial charge < -0.3 is 5.32 Å². The molecule has 3 heterocycles. The average Bonchev–Trinajstić information content (AvgIpc) is 3.40. The summed E-state index contributed by atoms with van der Waals surface area (Å²) < 4.78 is 41.4. The van der Waals surface area contributed by atoms with Crippen molar-refractivity contribution in [1.29, 1.82) is 0 Å². The molecule has 2 aliphatic rings. The number of imide groups is 1. The fourth-order valence-electron chi connectivity index (χ4n) is 5.24. The molecule has 7 nitrogen and oxygen atoms in total. The molecule has 4 aromatic rings. The van der Waals surface area contributed by atoms with Crippen molar-refractivity contribution in [2.24, 2.45) is 5.92 Å². The number of carbonyl (C=O) groups is 3. The number of halogens is 4. The summed E-state index contributed by atoms with van der Waals surface area (Å²) in [6.07, 6.45) is -4.58. The summed E-state index contributed by atoms with van der Waals surface area (Å²) in [6.45, 7) is -0.481. The number of thioether (sulfide) groups is 1. The van der Waals surface area contributed by atoms with Crippen LogP contribution < -0.4 is 15.1 Å². The summed E-state index contributed by atoms with van der Waals surface area (Å²) in [4.78, 5) is 55.0. The molecule has 0 radical (unpaired) electrons. The van der Waals surface area contributed by atoms with E-state index in [-0.39, 0.29) is 11.6 Å². The maximum atomic E-state index is 13.9. The Labute approximate surface area is 253 Å². The number of carbonyl (C=O) groups excluding carboxylic acids is 3. The number of nitrogens with one attached hydrogen (secondary N) is 1. The predicted octanol–water partition coefficient (Wildman–Crippen LogP) is 6.13. The fraction of sp³-hybridized carbons (Fsp3) is 0.172. The highest BCUT2D eigenvalue weighted by molar-refractivity contribution is 9.10. The van der Waals surface area contributed by atoms with Gasteiger partial charge in [0, 0.05) is 21.0 Å². The van der Waals surface area contributed by atoms with E-state index in [0.717, 1.165) is 45.3 Å². The third kappa shape index (κ3) is 5.09. The molecule has 2 aliphatic heterocycles. The lowest BCUT2D eigenvalue weighted by atomic mass is 9.83. The average molecular weight is 675 g/mol. The first-order chi connectivity index (χ1) is 20.0. The van der Waals surface area contributed by atoms with Crippen LogP contribution in [0.5, 0.6) is 0 Å². The number of amides is 3. The highest BCUT2D eigenvalue weighted by Crippen LogP contribution is 2.53. The lowest BCUT2D eigenvalue weighted by molar-refractivity contribution is -0.137. The van der Waals surface area contributed by atoms with Crippen molar-refractivity contribution in [3.63, 3.8) is 0 Å².